The molecule has 0 spiro atoms. The van der Waals surface area contributed by atoms with E-state index >= 15 is 0 Å². The molecular formula is C11H12F2O. The van der Waals surface area contributed by atoms with Crippen LogP contribution in [-0.4, -0.2) is 6.10 Å². The molecule has 0 amide bonds. The van der Waals surface area contributed by atoms with Crippen LogP contribution in [0.15, 0.2) is 12.1 Å². The molecule has 0 N–H and O–H groups in total. The lowest BCUT2D eigenvalue weighted by Crippen LogP contribution is -2.24. The van der Waals surface area contributed by atoms with E-state index in [1.165, 1.54) is 13.0 Å². The monoisotopic (exact) mass is 198 g/mol. The van der Waals surface area contributed by atoms with Crippen molar-refractivity contribution < 1.29 is 13.5 Å². The van der Waals surface area contributed by atoms with Crippen LogP contribution in [0.3, 0.4) is 0 Å². The highest BCUT2D eigenvalue weighted by Gasteiger charge is 2.20. The summed E-state index contributed by atoms with van der Waals surface area (Å²) in [6.07, 6.45) is 3.38. The number of hydrogen-bond acceptors (Lipinski definition) is 1. The first-order valence-electron chi connectivity index (χ1n) is 4.79. The van der Waals surface area contributed by atoms with Gasteiger partial charge in [0.25, 0.3) is 0 Å². The number of halogens is 2. The third-order valence-electron chi connectivity index (χ3n) is 2.54. The fourth-order valence-corrected chi connectivity index (χ4v) is 1.44. The van der Waals surface area contributed by atoms with Crippen molar-refractivity contribution in [1.82, 2.24) is 0 Å². The summed E-state index contributed by atoms with van der Waals surface area (Å²) in [4.78, 5) is 0. The quantitative estimate of drug-likeness (QED) is 0.709. The molecule has 0 atom stereocenters. The topological polar surface area (TPSA) is 9.23 Å². The summed E-state index contributed by atoms with van der Waals surface area (Å²) in [5.41, 5.74) is 0.291. The summed E-state index contributed by atoms with van der Waals surface area (Å²) in [5.74, 6) is -1.18. The van der Waals surface area contributed by atoms with Gasteiger partial charge in [-0.3, -0.25) is 0 Å². The average molecular weight is 198 g/mol. The highest BCUT2D eigenvalue weighted by Crippen LogP contribution is 2.27. The Labute approximate surface area is 81.7 Å². The van der Waals surface area contributed by atoms with Crippen molar-refractivity contribution in [3.8, 4) is 5.75 Å². The van der Waals surface area contributed by atoms with E-state index in [2.05, 4.69) is 0 Å². The van der Waals surface area contributed by atoms with Crippen LogP contribution < -0.4 is 4.74 Å². The van der Waals surface area contributed by atoms with Crippen LogP contribution in [0.2, 0.25) is 0 Å². The van der Waals surface area contributed by atoms with Crippen LogP contribution in [-0.2, 0) is 0 Å². The van der Waals surface area contributed by atoms with Crippen molar-refractivity contribution in [3.05, 3.63) is 29.3 Å². The summed E-state index contributed by atoms with van der Waals surface area (Å²) >= 11 is 0. The summed E-state index contributed by atoms with van der Waals surface area (Å²) in [6.45, 7) is 1.53. The molecule has 1 saturated carbocycles. The van der Waals surface area contributed by atoms with Gasteiger partial charge in [-0.25, -0.2) is 8.78 Å². The molecule has 1 aliphatic rings. The van der Waals surface area contributed by atoms with Gasteiger partial charge in [0.05, 0.1) is 6.10 Å². The number of rotatable bonds is 2. The predicted octanol–water partition coefficient (Wildman–Crippen LogP) is 3.20. The Balaban J connectivity index is 2.17. The largest absolute Gasteiger partial charge is 0.490 e. The van der Waals surface area contributed by atoms with Crippen molar-refractivity contribution in [1.29, 1.82) is 0 Å². The molecule has 2 rings (SSSR count). The summed E-state index contributed by atoms with van der Waals surface area (Å²) in [5, 5.41) is 0. The Morgan fingerprint density at radius 2 is 2.00 bits per heavy atom. The van der Waals surface area contributed by atoms with Crippen LogP contribution in [0.5, 0.6) is 5.75 Å². The first-order valence-corrected chi connectivity index (χ1v) is 4.79. The van der Waals surface area contributed by atoms with Gasteiger partial charge in [0.1, 0.15) is 5.75 Å². The van der Waals surface area contributed by atoms with Crippen LogP contribution in [0, 0.1) is 18.6 Å². The Hall–Kier alpha value is -1.12. The second kappa shape index (κ2) is 3.56. The molecule has 76 valence electrons. The van der Waals surface area contributed by atoms with Gasteiger partial charge >= 0.3 is 0 Å². The summed E-state index contributed by atoms with van der Waals surface area (Å²) in [7, 11) is 0. The molecule has 3 heteroatoms. The van der Waals surface area contributed by atoms with Crippen molar-refractivity contribution in [2.75, 3.05) is 0 Å². The first kappa shape index (κ1) is 9.44. The van der Waals surface area contributed by atoms with Gasteiger partial charge in [-0.1, -0.05) is 0 Å². The van der Waals surface area contributed by atoms with Crippen molar-refractivity contribution in [2.45, 2.75) is 32.3 Å². The molecule has 0 saturated heterocycles. The molecule has 0 radical (unpaired) electrons. The molecule has 1 aromatic carbocycles. The molecule has 0 unspecified atom stereocenters. The zero-order valence-electron chi connectivity index (χ0n) is 8.02. The standard InChI is InChI=1S/C11H12F2O/c1-7-5-9(6-10(12)11(7)13)14-8-3-2-4-8/h5-6,8H,2-4H2,1H3. The van der Waals surface area contributed by atoms with Crippen LogP contribution in [0.25, 0.3) is 0 Å². The average Bonchev–Trinajstić information content (AvgIpc) is 2.07. The maximum Gasteiger partial charge on any atom is 0.162 e. The van der Waals surface area contributed by atoms with Gasteiger partial charge < -0.3 is 4.74 Å². The summed E-state index contributed by atoms with van der Waals surface area (Å²) in [6, 6.07) is 2.65. The Bertz CT molecular complexity index is 322. The molecule has 1 aliphatic carbocycles. The predicted molar refractivity (Wildman–Crippen MR) is 49.4 cm³/mol. The SMILES string of the molecule is Cc1cc(OC2CCC2)cc(F)c1F. The second-order valence-corrected chi connectivity index (χ2v) is 3.71. The minimum absolute atomic E-state index is 0.194. The van der Waals surface area contributed by atoms with E-state index < -0.39 is 11.6 Å². The van der Waals surface area contributed by atoms with Gasteiger partial charge in [0.15, 0.2) is 11.6 Å². The van der Waals surface area contributed by atoms with E-state index in [1.54, 1.807) is 0 Å². The van der Waals surface area contributed by atoms with Crippen molar-refractivity contribution in [2.24, 2.45) is 0 Å². The van der Waals surface area contributed by atoms with E-state index in [9.17, 15) is 8.78 Å². The minimum atomic E-state index is -0.834. The van der Waals surface area contributed by atoms with Gasteiger partial charge in [0.2, 0.25) is 0 Å². The number of ether oxygens (including phenoxy) is 1. The first-order chi connectivity index (χ1) is 6.66. The van der Waals surface area contributed by atoms with Crippen molar-refractivity contribution >= 4 is 0 Å². The van der Waals surface area contributed by atoms with E-state index in [1.807, 2.05) is 0 Å². The molecule has 1 aromatic rings. The third-order valence-corrected chi connectivity index (χ3v) is 2.54. The van der Waals surface area contributed by atoms with Gasteiger partial charge in [-0.05, 0) is 37.8 Å². The molecule has 0 heterocycles. The Morgan fingerprint density at radius 3 is 2.50 bits per heavy atom. The van der Waals surface area contributed by atoms with Crippen LogP contribution in [0.4, 0.5) is 8.78 Å². The summed E-state index contributed by atoms with van der Waals surface area (Å²) < 4.78 is 31.3. The molecular weight excluding hydrogens is 186 g/mol. The molecule has 1 nitrogen and oxygen atoms in total. The van der Waals surface area contributed by atoms with Crippen LogP contribution in [0.1, 0.15) is 24.8 Å². The molecule has 0 aromatic heterocycles. The van der Waals surface area contributed by atoms with E-state index in [-0.39, 0.29) is 6.10 Å². The fraction of sp³-hybridized carbons (Fsp3) is 0.455. The molecule has 0 bridgehead atoms. The lowest BCUT2D eigenvalue weighted by molar-refractivity contribution is 0.119. The van der Waals surface area contributed by atoms with Gasteiger partial charge in [-0.15, -0.1) is 0 Å². The number of benzene rings is 1. The normalized spacial score (nSPS) is 16.5. The highest BCUT2D eigenvalue weighted by molar-refractivity contribution is 5.30. The lowest BCUT2D eigenvalue weighted by atomic mass is 9.96. The molecule has 0 aliphatic heterocycles. The lowest BCUT2D eigenvalue weighted by Gasteiger charge is -2.26. The van der Waals surface area contributed by atoms with E-state index in [0.29, 0.717) is 11.3 Å². The Kier molecular flexibility index (Phi) is 2.40. The third kappa shape index (κ3) is 1.72. The van der Waals surface area contributed by atoms with Crippen molar-refractivity contribution in [3.63, 3.8) is 0 Å². The van der Waals surface area contributed by atoms with E-state index in [0.717, 1.165) is 25.3 Å². The number of hydrogen-bond donors (Lipinski definition) is 0. The fourth-order valence-electron chi connectivity index (χ4n) is 1.44. The zero-order chi connectivity index (χ0) is 10.1. The minimum Gasteiger partial charge on any atom is -0.490 e. The zero-order valence-corrected chi connectivity index (χ0v) is 8.02. The maximum atomic E-state index is 13.0. The van der Waals surface area contributed by atoms with E-state index in [4.69, 9.17) is 4.74 Å². The van der Waals surface area contributed by atoms with Crippen LogP contribution >= 0.6 is 0 Å². The smallest absolute Gasteiger partial charge is 0.162 e. The molecule has 14 heavy (non-hydrogen) atoms. The second-order valence-electron chi connectivity index (χ2n) is 3.71. The Morgan fingerprint density at radius 1 is 1.29 bits per heavy atom. The molecule has 1 fully saturated rings. The highest BCUT2D eigenvalue weighted by atomic mass is 19.2. The van der Waals surface area contributed by atoms with Gasteiger partial charge in [0, 0.05) is 6.07 Å². The number of aryl methyl sites for hydroxylation is 1. The van der Waals surface area contributed by atoms with Gasteiger partial charge in [-0.2, -0.15) is 0 Å². The maximum absolute atomic E-state index is 13.0.